The van der Waals surface area contributed by atoms with Crippen molar-refractivity contribution in [3.8, 4) is 0 Å². The number of benzene rings is 1. The minimum Gasteiger partial charge on any atom is -0.336 e. The van der Waals surface area contributed by atoms with Crippen LogP contribution in [0.1, 0.15) is 30.6 Å². The van der Waals surface area contributed by atoms with Crippen molar-refractivity contribution in [2.24, 2.45) is 7.05 Å². The van der Waals surface area contributed by atoms with E-state index in [0.717, 1.165) is 24.7 Å². The van der Waals surface area contributed by atoms with Crippen molar-refractivity contribution < 1.29 is 8.78 Å². The predicted octanol–water partition coefficient (Wildman–Crippen LogP) is 2.98. The van der Waals surface area contributed by atoms with Crippen molar-refractivity contribution in [2.75, 3.05) is 6.54 Å². The van der Waals surface area contributed by atoms with E-state index in [1.165, 1.54) is 6.07 Å². The topological polar surface area (TPSA) is 29.9 Å². The molecule has 0 amide bonds. The van der Waals surface area contributed by atoms with E-state index in [2.05, 4.69) is 17.2 Å². The number of aryl methyl sites for hydroxylation is 1. The summed E-state index contributed by atoms with van der Waals surface area (Å²) in [5.41, 5.74) is 1.34. The molecule has 0 bridgehead atoms. The maximum absolute atomic E-state index is 13.8. The molecule has 0 aliphatic heterocycles. The molecule has 2 aromatic rings. The molecule has 0 saturated carbocycles. The SMILES string of the molecule is CCCNC(Cc1cccc(F)c1F)c1cncn1C. The number of hydrogen-bond acceptors (Lipinski definition) is 2. The predicted molar refractivity (Wildman–Crippen MR) is 74.3 cm³/mol. The summed E-state index contributed by atoms with van der Waals surface area (Å²) in [5.74, 6) is -1.57. The number of nitrogens with one attached hydrogen (secondary N) is 1. The van der Waals surface area contributed by atoms with E-state index in [1.807, 2.05) is 11.6 Å². The van der Waals surface area contributed by atoms with Crippen molar-refractivity contribution in [3.05, 3.63) is 53.6 Å². The van der Waals surface area contributed by atoms with Gasteiger partial charge in [0.15, 0.2) is 11.6 Å². The quantitative estimate of drug-likeness (QED) is 0.881. The Bertz CT molecular complexity index is 566. The van der Waals surface area contributed by atoms with Crippen LogP contribution in [-0.2, 0) is 13.5 Å². The summed E-state index contributed by atoms with van der Waals surface area (Å²) < 4.78 is 29.0. The largest absolute Gasteiger partial charge is 0.336 e. The second-order valence-corrected chi connectivity index (χ2v) is 4.85. The van der Waals surface area contributed by atoms with Crippen molar-refractivity contribution >= 4 is 0 Å². The average molecular weight is 279 g/mol. The first-order valence-corrected chi connectivity index (χ1v) is 6.76. The fourth-order valence-electron chi connectivity index (χ4n) is 2.23. The van der Waals surface area contributed by atoms with Crippen LogP contribution in [0.3, 0.4) is 0 Å². The summed E-state index contributed by atoms with van der Waals surface area (Å²) in [6.45, 7) is 2.88. The molecule has 1 unspecified atom stereocenters. The highest BCUT2D eigenvalue weighted by Gasteiger charge is 2.18. The van der Waals surface area contributed by atoms with Crippen LogP contribution in [0.25, 0.3) is 0 Å². The van der Waals surface area contributed by atoms with Gasteiger partial charge in [-0.25, -0.2) is 13.8 Å². The van der Waals surface area contributed by atoms with Crippen LogP contribution in [0, 0.1) is 11.6 Å². The van der Waals surface area contributed by atoms with Gasteiger partial charge >= 0.3 is 0 Å². The molecule has 0 saturated heterocycles. The van der Waals surface area contributed by atoms with E-state index in [0.29, 0.717) is 12.0 Å². The normalized spacial score (nSPS) is 12.6. The Morgan fingerprint density at radius 2 is 2.15 bits per heavy atom. The van der Waals surface area contributed by atoms with Gasteiger partial charge in [0.2, 0.25) is 0 Å². The molecular weight excluding hydrogens is 260 g/mol. The van der Waals surface area contributed by atoms with Crippen molar-refractivity contribution in [2.45, 2.75) is 25.8 Å². The molecule has 1 aromatic heterocycles. The molecule has 1 heterocycles. The standard InChI is InChI=1S/C15H19F2N3/c1-3-7-19-13(14-9-18-10-20(14)2)8-11-5-4-6-12(16)15(11)17/h4-6,9-10,13,19H,3,7-8H2,1-2H3. The first-order chi connectivity index (χ1) is 9.63. The van der Waals surface area contributed by atoms with Gasteiger partial charge in [0.05, 0.1) is 18.1 Å². The second kappa shape index (κ2) is 6.61. The molecule has 20 heavy (non-hydrogen) atoms. The first kappa shape index (κ1) is 14.7. The zero-order valence-electron chi connectivity index (χ0n) is 11.7. The number of halogens is 2. The molecular formula is C15H19F2N3. The second-order valence-electron chi connectivity index (χ2n) is 4.85. The third-order valence-electron chi connectivity index (χ3n) is 3.31. The van der Waals surface area contributed by atoms with Crippen LogP contribution in [-0.4, -0.2) is 16.1 Å². The summed E-state index contributed by atoms with van der Waals surface area (Å²) in [5, 5.41) is 3.36. The third-order valence-corrected chi connectivity index (χ3v) is 3.31. The summed E-state index contributed by atoms with van der Waals surface area (Å²) in [7, 11) is 1.89. The smallest absolute Gasteiger partial charge is 0.162 e. The highest BCUT2D eigenvalue weighted by Crippen LogP contribution is 2.21. The molecule has 2 rings (SSSR count). The number of nitrogens with zero attached hydrogens (tertiary/aromatic N) is 2. The third kappa shape index (κ3) is 3.22. The van der Waals surface area contributed by atoms with Gasteiger partial charge in [-0.05, 0) is 31.0 Å². The Kier molecular flexibility index (Phi) is 4.84. The lowest BCUT2D eigenvalue weighted by molar-refractivity contribution is 0.468. The van der Waals surface area contributed by atoms with Crippen molar-refractivity contribution in [1.29, 1.82) is 0 Å². The monoisotopic (exact) mass is 279 g/mol. The summed E-state index contributed by atoms with van der Waals surface area (Å²) >= 11 is 0. The summed E-state index contributed by atoms with van der Waals surface area (Å²) in [6.07, 6.45) is 4.82. The highest BCUT2D eigenvalue weighted by molar-refractivity contribution is 5.22. The molecule has 108 valence electrons. The zero-order valence-corrected chi connectivity index (χ0v) is 11.7. The average Bonchev–Trinajstić information content (AvgIpc) is 2.85. The number of imidazole rings is 1. The summed E-state index contributed by atoms with van der Waals surface area (Å²) in [4.78, 5) is 4.09. The molecule has 0 spiro atoms. The van der Waals surface area contributed by atoms with E-state index in [9.17, 15) is 8.78 Å². The minimum atomic E-state index is -0.804. The van der Waals surface area contributed by atoms with Gasteiger partial charge in [-0.3, -0.25) is 0 Å². The fraction of sp³-hybridized carbons (Fsp3) is 0.400. The Hall–Kier alpha value is -1.75. The van der Waals surface area contributed by atoms with Crippen molar-refractivity contribution in [3.63, 3.8) is 0 Å². The molecule has 1 N–H and O–H groups in total. The maximum Gasteiger partial charge on any atom is 0.162 e. The van der Waals surface area contributed by atoms with Crippen LogP contribution < -0.4 is 5.32 Å². The van der Waals surface area contributed by atoms with Gasteiger partial charge in [-0.2, -0.15) is 0 Å². The van der Waals surface area contributed by atoms with E-state index in [4.69, 9.17) is 0 Å². The Morgan fingerprint density at radius 3 is 2.80 bits per heavy atom. The lowest BCUT2D eigenvalue weighted by Gasteiger charge is -2.19. The van der Waals surface area contributed by atoms with E-state index in [-0.39, 0.29) is 6.04 Å². The van der Waals surface area contributed by atoms with Crippen molar-refractivity contribution in [1.82, 2.24) is 14.9 Å². The molecule has 0 aliphatic rings. The van der Waals surface area contributed by atoms with E-state index in [1.54, 1.807) is 18.6 Å². The lowest BCUT2D eigenvalue weighted by Crippen LogP contribution is -2.26. The first-order valence-electron chi connectivity index (χ1n) is 6.76. The Balaban J connectivity index is 2.24. The Morgan fingerprint density at radius 1 is 1.35 bits per heavy atom. The number of hydrogen-bond donors (Lipinski definition) is 1. The van der Waals surface area contributed by atoms with Gasteiger partial charge in [-0.1, -0.05) is 19.1 Å². The van der Waals surface area contributed by atoms with E-state index < -0.39 is 11.6 Å². The molecule has 0 fully saturated rings. The molecule has 1 aromatic carbocycles. The van der Waals surface area contributed by atoms with Crippen LogP contribution >= 0.6 is 0 Å². The van der Waals surface area contributed by atoms with Gasteiger partial charge < -0.3 is 9.88 Å². The fourth-order valence-corrected chi connectivity index (χ4v) is 2.23. The highest BCUT2D eigenvalue weighted by atomic mass is 19.2. The molecule has 5 heteroatoms. The lowest BCUT2D eigenvalue weighted by atomic mass is 10.0. The van der Waals surface area contributed by atoms with Crippen LogP contribution in [0.2, 0.25) is 0 Å². The maximum atomic E-state index is 13.8. The number of aromatic nitrogens is 2. The van der Waals surface area contributed by atoms with E-state index >= 15 is 0 Å². The summed E-state index contributed by atoms with van der Waals surface area (Å²) in [6, 6.07) is 4.21. The Labute approximate surface area is 117 Å². The van der Waals surface area contributed by atoms with Gasteiger partial charge in [0, 0.05) is 13.2 Å². The number of rotatable bonds is 6. The zero-order chi connectivity index (χ0) is 14.5. The molecule has 0 radical (unpaired) electrons. The van der Waals surface area contributed by atoms with Gasteiger partial charge in [0.1, 0.15) is 0 Å². The molecule has 3 nitrogen and oxygen atoms in total. The van der Waals surface area contributed by atoms with Crippen LogP contribution in [0.15, 0.2) is 30.7 Å². The van der Waals surface area contributed by atoms with Gasteiger partial charge in [0.25, 0.3) is 0 Å². The minimum absolute atomic E-state index is 0.0845. The van der Waals surface area contributed by atoms with Gasteiger partial charge in [-0.15, -0.1) is 0 Å². The van der Waals surface area contributed by atoms with Crippen LogP contribution in [0.5, 0.6) is 0 Å². The van der Waals surface area contributed by atoms with Crippen LogP contribution in [0.4, 0.5) is 8.78 Å². The molecule has 0 aliphatic carbocycles. The molecule has 1 atom stereocenters.